The van der Waals surface area contributed by atoms with E-state index in [4.69, 9.17) is 4.74 Å². The summed E-state index contributed by atoms with van der Waals surface area (Å²) in [5.41, 5.74) is 1.07. The zero-order chi connectivity index (χ0) is 13.8. The standard InChI is InChI=1S/C15H23NO2/c1-11(2)6-7-13-10-12(8-9-16-13)14(17)18-15(3,4)5/h8-11H,6-7H2,1-5H3. The molecular weight excluding hydrogens is 226 g/mol. The van der Waals surface area contributed by atoms with Gasteiger partial charge in [-0.25, -0.2) is 4.79 Å². The first kappa shape index (κ1) is 14.7. The van der Waals surface area contributed by atoms with Gasteiger partial charge in [-0.3, -0.25) is 4.98 Å². The minimum Gasteiger partial charge on any atom is -0.456 e. The largest absolute Gasteiger partial charge is 0.456 e. The van der Waals surface area contributed by atoms with E-state index in [-0.39, 0.29) is 5.97 Å². The van der Waals surface area contributed by atoms with Crippen LogP contribution in [-0.4, -0.2) is 16.6 Å². The van der Waals surface area contributed by atoms with Gasteiger partial charge >= 0.3 is 5.97 Å². The zero-order valence-electron chi connectivity index (χ0n) is 12.0. The van der Waals surface area contributed by atoms with Crippen molar-refractivity contribution in [2.75, 3.05) is 0 Å². The summed E-state index contributed by atoms with van der Waals surface area (Å²) in [5, 5.41) is 0. The number of carbonyl (C=O) groups excluding carboxylic acids is 1. The van der Waals surface area contributed by atoms with Gasteiger partial charge < -0.3 is 4.74 Å². The third-order valence-electron chi connectivity index (χ3n) is 2.43. The second-order valence-corrected chi connectivity index (χ2v) is 5.97. The molecule has 18 heavy (non-hydrogen) atoms. The first-order valence-corrected chi connectivity index (χ1v) is 6.46. The molecule has 0 saturated heterocycles. The zero-order valence-corrected chi connectivity index (χ0v) is 12.0. The molecule has 0 saturated carbocycles. The van der Waals surface area contributed by atoms with E-state index >= 15 is 0 Å². The Labute approximate surface area is 110 Å². The molecule has 1 aromatic heterocycles. The lowest BCUT2D eigenvalue weighted by atomic mass is 10.1. The third kappa shape index (κ3) is 5.30. The Morgan fingerprint density at radius 1 is 1.39 bits per heavy atom. The van der Waals surface area contributed by atoms with Gasteiger partial charge in [-0.15, -0.1) is 0 Å². The molecule has 0 aliphatic heterocycles. The fraction of sp³-hybridized carbons (Fsp3) is 0.600. The van der Waals surface area contributed by atoms with Crippen LogP contribution >= 0.6 is 0 Å². The normalized spacial score (nSPS) is 11.7. The van der Waals surface area contributed by atoms with Gasteiger partial charge in [0.15, 0.2) is 0 Å². The van der Waals surface area contributed by atoms with Crippen molar-refractivity contribution in [3.05, 3.63) is 29.6 Å². The lowest BCUT2D eigenvalue weighted by Gasteiger charge is -2.19. The molecule has 0 aromatic carbocycles. The summed E-state index contributed by atoms with van der Waals surface area (Å²) in [4.78, 5) is 16.2. The second-order valence-electron chi connectivity index (χ2n) is 5.97. The van der Waals surface area contributed by atoms with E-state index in [1.807, 2.05) is 26.8 Å². The number of esters is 1. The Bertz CT molecular complexity index is 405. The molecule has 0 aliphatic rings. The average Bonchev–Trinajstić information content (AvgIpc) is 2.24. The van der Waals surface area contributed by atoms with Crippen molar-refractivity contribution in [2.24, 2.45) is 5.92 Å². The van der Waals surface area contributed by atoms with Gasteiger partial charge in [-0.05, 0) is 51.7 Å². The van der Waals surface area contributed by atoms with Crippen molar-refractivity contribution in [3.63, 3.8) is 0 Å². The number of carbonyl (C=O) groups is 1. The Morgan fingerprint density at radius 3 is 2.61 bits per heavy atom. The van der Waals surface area contributed by atoms with Crippen LogP contribution in [0, 0.1) is 5.92 Å². The predicted molar refractivity (Wildman–Crippen MR) is 72.6 cm³/mol. The molecule has 0 atom stereocenters. The van der Waals surface area contributed by atoms with Crippen LogP contribution in [-0.2, 0) is 11.2 Å². The molecule has 0 spiro atoms. The highest BCUT2D eigenvalue weighted by molar-refractivity contribution is 5.89. The van der Waals surface area contributed by atoms with Gasteiger partial charge in [0, 0.05) is 11.9 Å². The quantitative estimate of drug-likeness (QED) is 0.765. The van der Waals surface area contributed by atoms with Gasteiger partial charge in [-0.1, -0.05) is 13.8 Å². The number of pyridine rings is 1. The van der Waals surface area contributed by atoms with Crippen molar-refractivity contribution in [1.82, 2.24) is 4.98 Å². The lowest BCUT2D eigenvalue weighted by molar-refractivity contribution is 0.00692. The van der Waals surface area contributed by atoms with E-state index in [1.165, 1.54) is 0 Å². The molecule has 100 valence electrons. The van der Waals surface area contributed by atoms with Crippen molar-refractivity contribution < 1.29 is 9.53 Å². The fourth-order valence-corrected chi connectivity index (χ4v) is 1.52. The Hall–Kier alpha value is -1.38. The van der Waals surface area contributed by atoms with Crippen molar-refractivity contribution in [3.8, 4) is 0 Å². The van der Waals surface area contributed by atoms with Gasteiger partial charge in [0.05, 0.1) is 5.56 Å². The van der Waals surface area contributed by atoms with Gasteiger partial charge in [0.1, 0.15) is 5.60 Å². The fourth-order valence-electron chi connectivity index (χ4n) is 1.52. The van der Waals surface area contributed by atoms with Gasteiger partial charge in [-0.2, -0.15) is 0 Å². The van der Waals surface area contributed by atoms with Crippen LogP contribution in [0.25, 0.3) is 0 Å². The minimum atomic E-state index is -0.460. The number of aryl methyl sites for hydroxylation is 1. The molecule has 0 amide bonds. The minimum absolute atomic E-state index is 0.282. The molecule has 0 N–H and O–H groups in total. The SMILES string of the molecule is CC(C)CCc1cc(C(=O)OC(C)(C)C)ccn1. The van der Waals surface area contributed by atoms with Gasteiger partial charge in [0.25, 0.3) is 0 Å². The number of aromatic nitrogens is 1. The molecule has 0 unspecified atom stereocenters. The monoisotopic (exact) mass is 249 g/mol. The van der Waals surface area contributed by atoms with Crippen LogP contribution in [0.3, 0.4) is 0 Å². The number of nitrogens with zero attached hydrogens (tertiary/aromatic N) is 1. The molecule has 1 heterocycles. The highest BCUT2D eigenvalue weighted by atomic mass is 16.6. The molecule has 1 aromatic rings. The van der Waals surface area contributed by atoms with Crippen molar-refractivity contribution in [2.45, 2.75) is 53.1 Å². The number of ether oxygens (including phenoxy) is 1. The van der Waals surface area contributed by atoms with Crippen LogP contribution in [0.15, 0.2) is 18.3 Å². The van der Waals surface area contributed by atoms with Crippen molar-refractivity contribution >= 4 is 5.97 Å². The first-order chi connectivity index (χ1) is 8.28. The van der Waals surface area contributed by atoms with E-state index in [1.54, 1.807) is 12.3 Å². The molecule has 3 nitrogen and oxygen atoms in total. The summed E-state index contributed by atoms with van der Waals surface area (Å²) in [5.74, 6) is 0.354. The maximum atomic E-state index is 11.9. The Balaban J connectivity index is 2.72. The van der Waals surface area contributed by atoms with Crippen LogP contribution < -0.4 is 0 Å². The Kier molecular flexibility index (Phi) is 4.88. The number of hydrogen-bond acceptors (Lipinski definition) is 3. The molecule has 0 radical (unpaired) electrons. The van der Waals surface area contributed by atoms with E-state index in [9.17, 15) is 4.79 Å². The third-order valence-corrected chi connectivity index (χ3v) is 2.43. The molecule has 3 heteroatoms. The van der Waals surface area contributed by atoms with Crippen LogP contribution in [0.4, 0.5) is 0 Å². The van der Waals surface area contributed by atoms with Crippen LogP contribution in [0.2, 0.25) is 0 Å². The average molecular weight is 249 g/mol. The van der Waals surface area contributed by atoms with E-state index in [2.05, 4.69) is 18.8 Å². The van der Waals surface area contributed by atoms with Crippen LogP contribution in [0.5, 0.6) is 0 Å². The lowest BCUT2D eigenvalue weighted by Crippen LogP contribution is -2.24. The topological polar surface area (TPSA) is 39.2 Å². The Morgan fingerprint density at radius 2 is 2.06 bits per heavy atom. The smallest absolute Gasteiger partial charge is 0.338 e. The highest BCUT2D eigenvalue weighted by Crippen LogP contribution is 2.13. The number of rotatable bonds is 4. The number of hydrogen-bond donors (Lipinski definition) is 0. The van der Waals surface area contributed by atoms with Crippen molar-refractivity contribution in [1.29, 1.82) is 0 Å². The summed E-state index contributed by atoms with van der Waals surface area (Å²) in [7, 11) is 0. The summed E-state index contributed by atoms with van der Waals surface area (Å²) >= 11 is 0. The molecular formula is C15H23NO2. The van der Waals surface area contributed by atoms with E-state index in [0.29, 0.717) is 11.5 Å². The van der Waals surface area contributed by atoms with E-state index < -0.39 is 5.60 Å². The molecule has 0 aliphatic carbocycles. The van der Waals surface area contributed by atoms with Gasteiger partial charge in [0.2, 0.25) is 0 Å². The molecule has 0 fully saturated rings. The predicted octanol–water partition coefficient (Wildman–Crippen LogP) is 3.63. The highest BCUT2D eigenvalue weighted by Gasteiger charge is 2.18. The van der Waals surface area contributed by atoms with E-state index in [0.717, 1.165) is 18.5 Å². The molecule has 1 rings (SSSR count). The molecule has 0 bridgehead atoms. The maximum Gasteiger partial charge on any atom is 0.338 e. The second kappa shape index (κ2) is 5.98. The summed E-state index contributed by atoms with van der Waals surface area (Å²) < 4.78 is 5.34. The maximum absolute atomic E-state index is 11.9. The van der Waals surface area contributed by atoms with Crippen LogP contribution in [0.1, 0.15) is 57.1 Å². The summed E-state index contributed by atoms with van der Waals surface area (Å²) in [6.07, 6.45) is 3.65. The summed E-state index contributed by atoms with van der Waals surface area (Å²) in [6, 6.07) is 3.53. The first-order valence-electron chi connectivity index (χ1n) is 6.46. The summed E-state index contributed by atoms with van der Waals surface area (Å²) in [6.45, 7) is 9.96.